The second-order valence-corrected chi connectivity index (χ2v) is 5.33. The lowest BCUT2D eigenvalue weighted by atomic mass is 9.84. The Morgan fingerprint density at radius 3 is 2.30 bits per heavy atom. The predicted molar refractivity (Wildman–Crippen MR) is 72.5 cm³/mol. The maximum Gasteiger partial charge on any atom is 0.326 e. The average Bonchev–Trinajstić information content (AvgIpc) is 2.42. The van der Waals surface area contributed by atoms with Gasteiger partial charge in [0.05, 0.1) is 6.04 Å². The number of carboxylic acid groups (broad SMARTS) is 1. The van der Waals surface area contributed by atoms with Gasteiger partial charge in [-0.25, -0.2) is 4.79 Å². The van der Waals surface area contributed by atoms with Crippen molar-refractivity contribution in [1.29, 1.82) is 0 Å². The smallest absolute Gasteiger partial charge is 0.326 e. The Hall–Kier alpha value is -1.63. The summed E-state index contributed by atoms with van der Waals surface area (Å²) in [6.45, 7) is 0. The minimum Gasteiger partial charge on any atom is -0.480 e. The molecule has 2 unspecified atom stereocenters. The van der Waals surface area contributed by atoms with Crippen LogP contribution in [0.25, 0.3) is 0 Å². The molecule has 114 valence electrons. The van der Waals surface area contributed by atoms with E-state index >= 15 is 0 Å². The van der Waals surface area contributed by atoms with Crippen molar-refractivity contribution in [2.24, 2.45) is 17.4 Å². The van der Waals surface area contributed by atoms with Crippen molar-refractivity contribution in [3.8, 4) is 0 Å². The van der Waals surface area contributed by atoms with Gasteiger partial charge in [-0.1, -0.05) is 19.3 Å². The number of nitrogens with two attached hydrogens (primary N) is 2. The molecule has 1 rings (SSSR count). The Bertz CT molecular complexity index is 367. The first kappa shape index (κ1) is 16.4. The SMILES string of the molecule is NC(=O)CCC(NC(=O)C(N)C1CCCCC1)C(=O)O. The lowest BCUT2D eigenvalue weighted by Crippen LogP contribution is -2.51. The summed E-state index contributed by atoms with van der Waals surface area (Å²) >= 11 is 0. The van der Waals surface area contributed by atoms with Gasteiger partial charge in [-0.3, -0.25) is 9.59 Å². The van der Waals surface area contributed by atoms with Gasteiger partial charge < -0.3 is 21.9 Å². The summed E-state index contributed by atoms with van der Waals surface area (Å²) in [6, 6.07) is -1.81. The van der Waals surface area contributed by atoms with Crippen LogP contribution in [0.2, 0.25) is 0 Å². The molecule has 0 saturated heterocycles. The molecule has 7 heteroatoms. The minimum absolute atomic E-state index is 0.0200. The van der Waals surface area contributed by atoms with E-state index in [0.717, 1.165) is 32.1 Å². The van der Waals surface area contributed by atoms with Crippen LogP contribution in [0.3, 0.4) is 0 Å². The van der Waals surface area contributed by atoms with Gasteiger partial charge in [0.2, 0.25) is 11.8 Å². The normalized spacial score (nSPS) is 19.1. The minimum atomic E-state index is -1.18. The number of rotatable bonds is 7. The number of hydrogen-bond acceptors (Lipinski definition) is 4. The molecule has 0 aromatic heterocycles. The zero-order valence-corrected chi connectivity index (χ0v) is 11.5. The van der Waals surface area contributed by atoms with E-state index in [0.29, 0.717) is 0 Å². The van der Waals surface area contributed by atoms with Gasteiger partial charge in [0.15, 0.2) is 0 Å². The summed E-state index contributed by atoms with van der Waals surface area (Å²) in [6.07, 6.45) is 4.94. The third-order valence-corrected chi connectivity index (χ3v) is 3.75. The fourth-order valence-corrected chi connectivity index (χ4v) is 2.52. The second-order valence-electron chi connectivity index (χ2n) is 5.33. The van der Waals surface area contributed by atoms with Crippen molar-refractivity contribution >= 4 is 17.8 Å². The number of amides is 2. The van der Waals surface area contributed by atoms with Crippen molar-refractivity contribution < 1.29 is 19.5 Å². The summed E-state index contributed by atoms with van der Waals surface area (Å²) in [4.78, 5) is 33.7. The molecule has 7 nitrogen and oxygen atoms in total. The van der Waals surface area contributed by atoms with Crippen LogP contribution >= 0.6 is 0 Å². The molecule has 0 heterocycles. The van der Waals surface area contributed by atoms with Gasteiger partial charge in [-0.2, -0.15) is 0 Å². The topological polar surface area (TPSA) is 136 Å². The van der Waals surface area contributed by atoms with E-state index < -0.39 is 29.9 Å². The highest BCUT2D eigenvalue weighted by atomic mass is 16.4. The van der Waals surface area contributed by atoms with Crippen LogP contribution in [-0.4, -0.2) is 35.0 Å². The Morgan fingerprint density at radius 1 is 1.20 bits per heavy atom. The van der Waals surface area contributed by atoms with E-state index in [2.05, 4.69) is 5.32 Å². The fourth-order valence-electron chi connectivity index (χ4n) is 2.52. The standard InChI is InChI=1S/C13H23N3O4/c14-10(17)7-6-9(13(19)20)16-12(18)11(15)8-4-2-1-3-5-8/h8-9,11H,1-7,15H2,(H2,14,17)(H,16,18)(H,19,20). The quantitative estimate of drug-likeness (QED) is 0.510. The number of carbonyl (C=O) groups is 3. The van der Waals surface area contributed by atoms with Gasteiger partial charge in [0.25, 0.3) is 0 Å². The molecule has 0 bridgehead atoms. The maximum absolute atomic E-state index is 12.0. The summed E-state index contributed by atoms with van der Waals surface area (Å²) in [7, 11) is 0. The van der Waals surface area contributed by atoms with Crippen LogP contribution in [0.4, 0.5) is 0 Å². The lowest BCUT2D eigenvalue weighted by molar-refractivity contribution is -0.142. The summed E-state index contributed by atoms with van der Waals surface area (Å²) in [5.41, 5.74) is 10.9. The third-order valence-electron chi connectivity index (χ3n) is 3.75. The summed E-state index contributed by atoms with van der Waals surface area (Å²) < 4.78 is 0. The number of aliphatic carboxylic acids is 1. The first-order valence-electron chi connectivity index (χ1n) is 6.99. The van der Waals surface area contributed by atoms with E-state index in [1.807, 2.05) is 0 Å². The predicted octanol–water partition coefficient (Wildman–Crippen LogP) is -0.271. The van der Waals surface area contributed by atoms with Crippen molar-refractivity contribution in [2.45, 2.75) is 57.0 Å². The van der Waals surface area contributed by atoms with E-state index in [1.165, 1.54) is 0 Å². The first-order valence-corrected chi connectivity index (χ1v) is 6.99. The average molecular weight is 285 g/mol. The van der Waals surface area contributed by atoms with Gasteiger partial charge >= 0.3 is 5.97 Å². The molecule has 1 saturated carbocycles. The van der Waals surface area contributed by atoms with Gasteiger partial charge in [0.1, 0.15) is 6.04 Å². The van der Waals surface area contributed by atoms with Crippen LogP contribution in [-0.2, 0) is 14.4 Å². The molecule has 1 aliphatic rings. The number of primary amides is 1. The summed E-state index contributed by atoms with van der Waals surface area (Å²) in [5.74, 6) is -2.14. The highest BCUT2D eigenvalue weighted by molar-refractivity contribution is 5.87. The first-order chi connectivity index (χ1) is 9.41. The molecule has 0 aromatic carbocycles. The lowest BCUT2D eigenvalue weighted by Gasteiger charge is -2.27. The number of carbonyl (C=O) groups excluding carboxylic acids is 2. The zero-order chi connectivity index (χ0) is 15.1. The van der Waals surface area contributed by atoms with E-state index in [9.17, 15) is 14.4 Å². The van der Waals surface area contributed by atoms with Crippen molar-refractivity contribution in [3.05, 3.63) is 0 Å². The van der Waals surface area contributed by atoms with E-state index in [4.69, 9.17) is 16.6 Å². The fraction of sp³-hybridized carbons (Fsp3) is 0.769. The number of nitrogens with one attached hydrogen (secondary N) is 1. The Morgan fingerprint density at radius 2 is 1.80 bits per heavy atom. The zero-order valence-electron chi connectivity index (χ0n) is 11.5. The van der Waals surface area contributed by atoms with Crippen molar-refractivity contribution in [2.75, 3.05) is 0 Å². The molecule has 0 spiro atoms. The van der Waals surface area contributed by atoms with E-state index in [1.54, 1.807) is 0 Å². The molecule has 0 radical (unpaired) electrons. The summed E-state index contributed by atoms with van der Waals surface area (Å²) in [5, 5.41) is 11.4. The van der Waals surface area contributed by atoms with Gasteiger partial charge in [0, 0.05) is 6.42 Å². The number of hydrogen-bond donors (Lipinski definition) is 4. The molecular weight excluding hydrogens is 262 g/mol. The van der Waals surface area contributed by atoms with Crippen molar-refractivity contribution in [3.63, 3.8) is 0 Å². The van der Waals surface area contributed by atoms with E-state index in [-0.39, 0.29) is 18.8 Å². The molecule has 0 aromatic rings. The molecule has 2 atom stereocenters. The Kier molecular flexibility index (Phi) is 6.44. The van der Waals surface area contributed by atoms with Crippen LogP contribution < -0.4 is 16.8 Å². The molecule has 6 N–H and O–H groups in total. The third kappa shape index (κ3) is 5.16. The monoisotopic (exact) mass is 285 g/mol. The maximum atomic E-state index is 12.0. The molecule has 0 aliphatic heterocycles. The van der Waals surface area contributed by atoms with Crippen LogP contribution in [0, 0.1) is 5.92 Å². The van der Waals surface area contributed by atoms with Crippen molar-refractivity contribution in [1.82, 2.24) is 5.32 Å². The molecule has 20 heavy (non-hydrogen) atoms. The highest BCUT2D eigenvalue weighted by Gasteiger charge is 2.29. The number of carboxylic acids is 1. The Labute approximate surface area is 118 Å². The van der Waals surface area contributed by atoms with Crippen LogP contribution in [0.1, 0.15) is 44.9 Å². The Balaban J connectivity index is 2.51. The van der Waals surface area contributed by atoms with Gasteiger partial charge in [-0.05, 0) is 25.2 Å². The van der Waals surface area contributed by atoms with Crippen LogP contribution in [0.5, 0.6) is 0 Å². The molecule has 1 fully saturated rings. The van der Waals surface area contributed by atoms with Crippen LogP contribution in [0.15, 0.2) is 0 Å². The highest BCUT2D eigenvalue weighted by Crippen LogP contribution is 2.25. The molecular formula is C13H23N3O4. The second kappa shape index (κ2) is 7.84. The van der Waals surface area contributed by atoms with Gasteiger partial charge in [-0.15, -0.1) is 0 Å². The molecule has 1 aliphatic carbocycles. The largest absolute Gasteiger partial charge is 0.480 e. The molecule has 2 amide bonds.